The second-order valence-electron chi connectivity index (χ2n) is 6.42. The van der Waals surface area contributed by atoms with Gasteiger partial charge in [0.2, 0.25) is 0 Å². The predicted molar refractivity (Wildman–Crippen MR) is 79.6 cm³/mol. The van der Waals surface area contributed by atoms with Gasteiger partial charge in [-0.3, -0.25) is 9.69 Å². The number of nitrogens with zero attached hydrogens (tertiary/aromatic N) is 1. The third-order valence-electron chi connectivity index (χ3n) is 3.46. The number of fused-ring (bicyclic) bond motifs is 1. The number of carbonyl (C=O) groups excluding carboxylic acids is 1. The molecule has 0 radical (unpaired) electrons. The van der Waals surface area contributed by atoms with Crippen molar-refractivity contribution in [3.05, 3.63) is 29.6 Å². The zero-order chi connectivity index (χ0) is 16.5. The first-order chi connectivity index (χ1) is 10.2. The summed E-state index contributed by atoms with van der Waals surface area (Å²) in [6.07, 6.45) is -0.0848. The Labute approximate surface area is 128 Å². The van der Waals surface area contributed by atoms with Gasteiger partial charge in [0.1, 0.15) is 11.4 Å². The second kappa shape index (κ2) is 5.94. The molecule has 1 atom stereocenters. The molecule has 1 aromatic carbocycles. The molecular weight excluding hydrogens is 289 g/mol. The van der Waals surface area contributed by atoms with E-state index in [9.17, 15) is 14.0 Å². The van der Waals surface area contributed by atoms with Crippen LogP contribution < -0.4 is 4.90 Å². The Bertz CT molecular complexity index is 594. The van der Waals surface area contributed by atoms with Gasteiger partial charge in [-0.1, -0.05) is 6.07 Å². The summed E-state index contributed by atoms with van der Waals surface area (Å²) >= 11 is 0. The van der Waals surface area contributed by atoms with E-state index in [2.05, 4.69) is 0 Å². The average molecular weight is 309 g/mol. The summed E-state index contributed by atoms with van der Waals surface area (Å²) in [7, 11) is 0. The Morgan fingerprint density at radius 1 is 1.41 bits per heavy atom. The number of benzene rings is 1. The topological polar surface area (TPSA) is 66.8 Å². The summed E-state index contributed by atoms with van der Waals surface area (Å²) in [5.41, 5.74) is 0.412. The SMILES string of the molecule is CC(C)(C)OC(=O)N1CCC(CC(=O)O)c2ccc(F)cc21. The molecule has 1 amide bonds. The van der Waals surface area contributed by atoms with E-state index in [-0.39, 0.29) is 12.3 Å². The Morgan fingerprint density at radius 3 is 2.68 bits per heavy atom. The van der Waals surface area contributed by atoms with Crippen LogP contribution in [0.25, 0.3) is 0 Å². The molecule has 22 heavy (non-hydrogen) atoms. The largest absolute Gasteiger partial charge is 0.481 e. The van der Waals surface area contributed by atoms with E-state index in [4.69, 9.17) is 9.84 Å². The van der Waals surface area contributed by atoms with Crippen LogP contribution in [0.2, 0.25) is 0 Å². The molecule has 0 aromatic heterocycles. The molecule has 1 heterocycles. The summed E-state index contributed by atoms with van der Waals surface area (Å²) < 4.78 is 18.9. The highest BCUT2D eigenvalue weighted by atomic mass is 19.1. The monoisotopic (exact) mass is 309 g/mol. The number of hydrogen-bond acceptors (Lipinski definition) is 3. The lowest BCUT2D eigenvalue weighted by Gasteiger charge is -2.35. The van der Waals surface area contributed by atoms with Crippen LogP contribution in [0.3, 0.4) is 0 Å². The van der Waals surface area contributed by atoms with Crippen LogP contribution in [0.1, 0.15) is 45.1 Å². The van der Waals surface area contributed by atoms with E-state index in [1.807, 2.05) is 0 Å². The van der Waals surface area contributed by atoms with Crippen molar-refractivity contribution in [2.45, 2.75) is 45.1 Å². The van der Waals surface area contributed by atoms with Crippen LogP contribution in [0.15, 0.2) is 18.2 Å². The lowest BCUT2D eigenvalue weighted by molar-refractivity contribution is -0.137. The van der Waals surface area contributed by atoms with E-state index in [1.54, 1.807) is 26.8 Å². The van der Waals surface area contributed by atoms with Gasteiger partial charge in [0.05, 0.1) is 12.1 Å². The van der Waals surface area contributed by atoms with Gasteiger partial charge in [-0.15, -0.1) is 0 Å². The van der Waals surface area contributed by atoms with Crippen molar-refractivity contribution in [3.63, 3.8) is 0 Å². The van der Waals surface area contributed by atoms with Crippen molar-refractivity contribution in [1.82, 2.24) is 0 Å². The number of hydrogen-bond donors (Lipinski definition) is 1. The fourth-order valence-electron chi connectivity index (χ4n) is 2.59. The van der Waals surface area contributed by atoms with Crippen molar-refractivity contribution in [3.8, 4) is 0 Å². The highest BCUT2D eigenvalue weighted by Crippen LogP contribution is 2.38. The normalized spacial score (nSPS) is 17.8. The fourth-order valence-corrected chi connectivity index (χ4v) is 2.59. The highest BCUT2D eigenvalue weighted by molar-refractivity contribution is 5.90. The lowest BCUT2D eigenvalue weighted by Crippen LogP contribution is -2.40. The molecule has 0 saturated heterocycles. The first-order valence-electron chi connectivity index (χ1n) is 7.19. The molecule has 5 nitrogen and oxygen atoms in total. The van der Waals surface area contributed by atoms with Gasteiger partial charge in [-0.25, -0.2) is 9.18 Å². The molecule has 0 bridgehead atoms. The molecule has 6 heteroatoms. The third kappa shape index (κ3) is 3.75. The van der Waals surface area contributed by atoms with Crippen LogP contribution in [0.5, 0.6) is 0 Å². The van der Waals surface area contributed by atoms with Crippen molar-refractivity contribution in [2.75, 3.05) is 11.4 Å². The molecule has 1 aliphatic rings. The van der Waals surface area contributed by atoms with Crippen molar-refractivity contribution in [1.29, 1.82) is 0 Å². The number of ether oxygens (including phenoxy) is 1. The number of carboxylic acid groups (broad SMARTS) is 1. The molecule has 0 spiro atoms. The predicted octanol–water partition coefficient (Wildman–Crippen LogP) is 3.53. The summed E-state index contributed by atoms with van der Waals surface area (Å²) in [5, 5.41) is 8.99. The van der Waals surface area contributed by atoms with Gasteiger partial charge in [0.15, 0.2) is 0 Å². The summed E-state index contributed by atoms with van der Waals surface area (Å²) in [6.45, 7) is 5.58. The number of anilines is 1. The van der Waals surface area contributed by atoms with Crippen molar-refractivity contribution >= 4 is 17.7 Å². The third-order valence-corrected chi connectivity index (χ3v) is 3.46. The van der Waals surface area contributed by atoms with Crippen LogP contribution in [-0.4, -0.2) is 29.3 Å². The first kappa shape index (κ1) is 16.3. The minimum atomic E-state index is -0.911. The van der Waals surface area contributed by atoms with Crippen LogP contribution in [0, 0.1) is 5.82 Å². The molecule has 120 valence electrons. The van der Waals surface area contributed by atoms with E-state index in [0.29, 0.717) is 24.2 Å². The lowest BCUT2D eigenvalue weighted by atomic mass is 9.87. The Kier molecular flexibility index (Phi) is 4.39. The molecule has 1 aliphatic heterocycles. The Hall–Kier alpha value is -2.11. The van der Waals surface area contributed by atoms with Gasteiger partial charge in [-0.2, -0.15) is 0 Å². The van der Waals surface area contributed by atoms with Crippen molar-refractivity contribution < 1.29 is 23.8 Å². The Morgan fingerprint density at radius 2 is 2.09 bits per heavy atom. The number of aliphatic carboxylic acids is 1. The van der Waals surface area contributed by atoms with E-state index >= 15 is 0 Å². The molecule has 0 saturated carbocycles. The maximum Gasteiger partial charge on any atom is 0.414 e. The highest BCUT2D eigenvalue weighted by Gasteiger charge is 2.32. The van der Waals surface area contributed by atoms with Gasteiger partial charge < -0.3 is 9.84 Å². The van der Waals surface area contributed by atoms with E-state index in [0.717, 1.165) is 0 Å². The van der Waals surface area contributed by atoms with E-state index in [1.165, 1.54) is 17.0 Å². The summed E-state index contributed by atoms with van der Waals surface area (Å²) in [5.74, 6) is -1.61. The smallest absolute Gasteiger partial charge is 0.414 e. The zero-order valence-electron chi connectivity index (χ0n) is 12.9. The maximum atomic E-state index is 13.6. The quantitative estimate of drug-likeness (QED) is 0.907. The molecule has 1 aromatic rings. The fraction of sp³-hybridized carbons (Fsp3) is 0.500. The molecule has 0 aliphatic carbocycles. The minimum Gasteiger partial charge on any atom is -0.481 e. The molecule has 1 N–H and O–H groups in total. The van der Waals surface area contributed by atoms with Gasteiger partial charge in [0, 0.05) is 6.54 Å². The summed E-state index contributed by atoms with van der Waals surface area (Å²) in [6, 6.07) is 4.09. The van der Waals surface area contributed by atoms with Crippen LogP contribution >= 0.6 is 0 Å². The maximum absolute atomic E-state index is 13.6. The van der Waals surface area contributed by atoms with Gasteiger partial charge in [0.25, 0.3) is 0 Å². The number of halogens is 1. The molecule has 2 rings (SSSR count). The van der Waals surface area contributed by atoms with Crippen LogP contribution in [0.4, 0.5) is 14.9 Å². The van der Waals surface area contributed by atoms with E-state index < -0.39 is 23.5 Å². The van der Waals surface area contributed by atoms with Gasteiger partial charge >= 0.3 is 12.1 Å². The van der Waals surface area contributed by atoms with Crippen molar-refractivity contribution in [2.24, 2.45) is 0 Å². The molecule has 1 unspecified atom stereocenters. The standard InChI is InChI=1S/C16H20FNO4/c1-16(2,3)22-15(21)18-7-6-10(8-14(19)20)12-5-4-11(17)9-13(12)18/h4-5,9-10H,6-8H2,1-3H3,(H,19,20). The Balaban J connectivity index is 2.34. The summed E-state index contributed by atoms with van der Waals surface area (Å²) in [4.78, 5) is 24.6. The number of carbonyl (C=O) groups is 2. The van der Waals surface area contributed by atoms with Gasteiger partial charge in [-0.05, 0) is 50.8 Å². The minimum absolute atomic E-state index is 0.0409. The second-order valence-corrected chi connectivity index (χ2v) is 6.42. The average Bonchev–Trinajstić information content (AvgIpc) is 2.35. The number of carboxylic acids is 1. The number of rotatable bonds is 2. The first-order valence-corrected chi connectivity index (χ1v) is 7.19. The molecular formula is C16H20FNO4. The molecule has 0 fully saturated rings. The number of amides is 1. The van der Waals surface area contributed by atoms with Crippen LogP contribution in [-0.2, 0) is 9.53 Å². The zero-order valence-corrected chi connectivity index (χ0v) is 12.9.